The van der Waals surface area contributed by atoms with Gasteiger partial charge in [0.05, 0.1) is 0 Å². The first-order valence-electron chi connectivity index (χ1n) is 6.05. The lowest BCUT2D eigenvalue weighted by atomic mass is 10.1. The predicted octanol–water partition coefficient (Wildman–Crippen LogP) is 1.40. The Bertz CT molecular complexity index is 195. The topological polar surface area (TPSA) is 66.6 Å². The third-order valence-electron chi connectivity index (χ3n) is 2.37. The lowest BCUT2D eigenvalue weighted by Gasteiger charge is -2.31. The zero-order valence-electron chi connectivity index (χ0n) is 10.9. The summed E-state index contributed by atoms with van der Waals surface area (Å²) in [6.45, 7) is 10.5. The smallest absolute Gasteiger partial charge is 0.320 e. The standard InChI is InChI=1S/C12H26N2O2/c1-9(2)7-14(8-10(3)4)11(5-6-13)12(15)16/h9-11H,5-8,13H2,1-4H3,(H,15,16). The van der Waals surface area contributed by atoms with Crippen LogP contribution in [0.3, 0.4) is 0 Å². The highest BCUT2D eigenvalue weighted by Gasteiger charge is 2.25. The number of hydrogen-bond donors (Lipinski definition) is 2. The highest BCUT2D eigenvalue weighted by molar-refractivity contribution is 5.73. The first-order valence-corrected chi connectivity index (χ1v) is 6.05. The molecule has 0 saturated carbocycles. The fourth-order valence-electron chi connectivity index (χ4n) is 1.89. The van der Waals surface area contributed by atoms with Gasteiger partial charge in [0.1, 0.15) is 6.04 Å². The lowest BCUT2D eigenvalue weighted by Crippen LogP contribution is -2.45. The van der Waals surface area contributed by atoms with E-state index in [1.807, 2.05) is 4.90 Å². The second kappa shape index (κ2) is 7.63. The van der Waals surface area contributed by atoms with E-state index in [0.29, 0.717) is 24.8 Å². The predicted molar refractivity (Wildman–Crippen MR) is 66.3 cm³/mol. The summed E-state index contributed by atoms with van der Waals surface area (Å²) < 4.78 is 0. The van der Waals surface area contributed by atoms with Gasteiger partial charge < -0.3 is 10.8 Å². The number of hydrogen-bond acceptors (Lipinski definition) is 3. The molecule has 0 bridgehead atoms. The molecule has 0 rings (SSSR count). The van der Waals surface area contributed by atoms with Crippen LogP contribution in [0.15, 0.2) is 0 Å². The molecule has 0 radical (unpaired) electrons. The van der Waals surface area contributed by atoms with Crippen molar-refractivity contribution in [2.45, 2.75) is 40.2 Å². The molecule has 0 amide bonds. The molecular formula is C12H26N2O2. The van der Waals surface area contributed by atoms with Gasteiger partial charge in [-0.05, 0) is 24.8 Å². The fraction of sp³-hybridized carbons (Fsp3) is 0.917. The molecule has 0 aliphatic carbocycles. The van der Waals surface area contributed by atoms with E-state index in [2.05, 4.69) is 27.7 Å². The number of carbonyl (C=O) groups is 1. The summed E-state index contributed by atoms with van der Waals surface area (Å²) >= 11 is 0. The summed E-state index contributed by atoms with van der Waals surface area (Å²) in [6, 6.07) is -0.435. The number of aliphatic carboxylic acids is 1. The SMILES string of the molecule is CC(C)CN(CC(C)C)C(CCN)C(=O)O. The monoisotopic (exact) mass is 230 g/mol. The molecule has 4 nitrogen and oxygen atoms in total. The van der Waals surface area contributed by atoms with Crippen LogP contribution in [0.4, 0.5) is 0 Å². The van der Waals surface area contributed by atoms with Crippen molar-refractivity contribution in [3.63, 3.8) is 0 Å². The Kier molecular flexibility index (Phi) is 7.34. The summed E-state index contributed by atoms with van der Waals surface area (Å²) in [7, 11) is 0. The minimum atomic E-state index is -0.758. The third kappa shape index (κ3) is 6.08. The summed E-state index contributed by atoms with van der Waals surface area (Å²) in [6.07, 6.45) is 0.523. The zero-order chi connectivity index (χ0) is 12.7. The van der Waals surface area contributed by atoms with Crippen molar-refractivity contribution < 1.29 is 9.90 Å². The van der Waals surface area contributed by atoms with Crippen molar-refractivity contribution >= 4 is 5.97 Å². The average Bonchev–Trinajstić information content (AvgIpc) is 2.10. The minimum Gasteiger partial charge on any atom is -0.480 e. The maximum atomic E-state index is 11.2. The van der Waals surface area contributed by atoms with Gasteiger partial charge in [-0.15, -0.1) is 0 Å². The van der Waals surface area contributed by atoms with Gasteiger partial charge >= 0.3 is 5.97 Å². The van der Waals surface area contributed by atoms with Crippen molar-refractivity contribution in [3.8, 4) is 0 Å². The van der Waals surface area contributed by atoms with E-state index in [1.165, 1.54) is 0 Å². The summed E-state index contributed by atoms with van der Waals surface area (Å²) in [4.78, 5) is 13.2. The number of nitrogens with two attached hydrogens (primary N) is 1. The van der Waals surface area contributed by atoms with Crippen LogP contribution in [0.25, 0.3) is 0 Å². The Morgan fingerprint density at radius 3 is 1.88 bits per heavy atom. The van der Waals surface area contributed by atoms with Crippen LogP contribution in [0.1, 0.15) is 34.1 Å². The highest BCUT2D eigenvalue weighted by Crippen LogP contribution is 2.11. The molecule has 4 heteroatoms. The molecule has 3 N–H and O–H groups in total. The van der Waals surface area contributed by atoms with Crippen LogP contribution in [0, 0.1) is 11.8 Å². The normalized spacial score (nSPS) is 13.8. The van der Waals surface area contributed by atoms with E-state index in [1.54, 1.807) is 0 Å². The first kappa shape index (κ1) is 15.4. The van der Waals surface area contributed by atoms with E-state index in [4.69, 9.17) is 5.73 Å². The van der Waals surface area contributed by atoms with E-state index in [0.717, 1.165) is 13.1 Å². The van der Waals surface area contributed by atoms with Gasteiger partial charge in [0.15, 0.2) is 0 Å². The van der Waals surface area contributed by atoms with Crippen molar-refractivity contribution in [2.24, 2.45) is 17.6 Å². The van der Waals surface area contributed by atoms with Gasteiger partial charge in [0.25, 0.3) is 0 Å². The highest BCUT2D eigenvalue weighted by atomic mass is 16.4. The van der Waals surface area contributed by atoms with Crippen molar-refractivity contribution in [3.05, 3.63) is 0 Å². The minimum absolute atomic E-state index is 0.420. The maximum Gasteiger partial charge on any atom is 0.320 e. The quantitative estimate of drug-likeness (QED) is 0.661. The number of rotatable bonds is 8. The van der Waals surface area contributed by atoms with Gasteiger partial charge in [0.2, 0.25) is 0 Å². The molecule has 0 saturated heterocycles. The lowest BCUT2D eigenvalue weighted by molar-refractivity contribution is -0.144. The number of carboxylic acids is 1. The molecule has 0 aromatic heterocycles. The Hall–Kier alpha value is -0.610. The van der Waals surface area contributed by atoms with E-state index < -0.39 is 12.0 Å². The van der Waals surface area contributed by atoms with Gasteiger partial charge in [-0.25, -0.2) is 0 Å². The molecule has 0 aromatic carbocycles. The molecule has 0 heterocycles. The summed E-state index contributed by atoms with van der Waals surface area (Å²) in [5.74, 6) is 0.184. The van der Waals surface area contributed by atoms with Crippen LogP contribution in [0.2, 0.25) is 0 Å². The van der Waals surface area contributed by atoms with Crippen LogP contribution in [-0.2, 0) is 4.79 Å². The average molecular weight is 230 g/mol. The van der Waals surface area contributed by atoms with Gasteiger partial charge in [-0.2, -0.15) is 0 Å². The zero-order valence-corrected chi connectivity index (χ0v) is 10.9. The van der Waals surface area contributed by atoms with Crippen LogP contribution in [-0.4, -0.2) is 41.7 Å². The Labute approximate surface area is 98.8 Å². The van der Waals surface area contributed by atoms with Crippen LogP contribution in [0.5, 0.6) is 0 Å². The molecule has 1 unspecified atom stereocenters. The van der Waals surface area contributed by atoms with E-state index in [9.17, 15) is 9.90 Å². The third-order valence-corrected chi connectivity index (χ3v) is 2.37. The summed E-state index contributed by atoms with van der Waals surface area (Å²) in [5, 5.41) is 9.20. The van der Waals surface area contributed by atoms with Gasteiger partial charge in [0, 0.05) is 13.1 Å². The molecular weight excluding hydrogens is 204 g/mol. The molecule has 16 heavy (non-hydrogen) atoms. The molecule has 0 fully saturated rings. The van der Waals surface area contributed by atoms with Gasteiger partial charge in [-0.3, -0.25) is 9.69 Å². The van der Waals surface area contributed by atoms with E-state index >= 15 is 0 Å². The number of nitrogens with zero attached hydrogens (tertiary/aromatic N) is 1. The Balaban J connectivity index is 4.59. The van der Waals surface area contributed by atoms with Gasteiger partial charge in [-0.1, -0.05) is 27.7 Å². The molecule has 96 valence electrons. The molecule has 0 aliphatic heterocycles. The van der Waals surface area contributed by atoms with Crippen LogP contribution >= 0.6 is 0 Å². The summed E-state index contributed by atoms with van der Waals surface area (Å²) in [5.41, 5.74) is 5.48. The van der Waals surface area contributed by atoms with Crippen molar-refractivity contribution in [1.29, 1.82) is 0 Å². The maximum absolute atomic E-state index is 11.2. The van der Waals surface area contributed by atoms with Crippen molar-refractivity contribution in [1.82, 2.24) is 4.90 Å². The first-order chi connectivity index (χ1) is 7.38. The van der Waals surface area contributed by atoms with E-state index in [-0.39, 0.29) is 0 Å². The molecule has 0 aliphatic rings. The molecule has 1 atom stereocenters. The van der Waals surface area contributed by atoms with Crippen molar-refractivity contribution in [2.75, 3.05) is 19.6 Å². The molecule has 0 aromatic rings. The Morgan fingerprint density at radius 1 is 1.19 bits per heavy atom. The molecule has 0 spiro atoms. The van der Waals surface area contributed by atoms with Crippen LogP contribution < -0.4 is 5.73 Å². The fourth-order valence-corrected chi connectivity index (χ4v) is 1.89. The Morgan fingerprint density at radius 2 is 1.62 bits per heavy atom. The largest absolute Gasteiger partial charge is 0.480 e. The second-order valence-corrected chi connectivity index (χ2v) is 5.17. The number of carboxylic acid groups (broad SMARTS) is 1. The second-order valence-electron chi connectivity index (χ2n) is 5.17.